The van der Waals surface area contributed by atoms with Gasteiger partial charge in [-0.3, -0.25) is 19.5 Å². The molecular weight excluding hydrogens is 308 g/mol. The fourth-order valence-electron chi connectivity index (χ4n) is 2.71. The number of pyridine rings is 1. The molecule has 1 unspecified atom stereocenters. The normalized spacial score (nSPS) is 16.7. The van der Waals surface area contributed by atoms with Crippen molar-refractivity contribution in [3.63, 3.8) is 0 Å². The summed E-state index contributed by atoms with van der Waals surface area (Å²) in [6.07, 6.45) is 5.07. The number of hydrogen-bond acceptors (Lipinski definition) is 7. The Bertz CT molecular complexity index is 530. The highest BCUT2D eigenvalue weighted by atomic mass is 16.6. The van der Waals surface area contributed by atoms with E-state index in [1.807, 2.05) is 19.1 Å². The van der Waals surface area contributed by atoms with Crippen LogP contribution < -0.4 is 10.6 Å². The molecule has 0 saturated carbocycles. The molecule has 0 amide bonds. The highest BCUT2D eigenvalue weighted by Gasteiger charge is 2.24. The van der Waals surface area contributed by atoms with Gasteiger partial charge in [-0.2, -0.15) is 0 Å². The van der Waals surface area contributed by atoms with E-state index in [2.05, 4.69) is 14.8 Å². The zero-order valence-corrected chi connectivity index (χ0v) is 14.2. The van der Waals surface area contributed by atoms with E-state index in [4.69, 9.17) is 10.5 Å². The Morgan fingerprint density at radius 1 is 1.21 bits per heavy atom. The molecule has 1 atom stereocenters. The van der Waals surface area contributed by atoms with E-state index in [1.54, 1.807) is 12.4 Å². The van der Waals surface area contributed by atoms with Crippen LogP contribution in [0.25, 0.3) is 0 Å². The summed E-state index contributed by atoms with van der Waals surface area (Å²) in [5, 5.41) is 0. The summed E-state index contributed by atoms with van der Waals surface area (Å²) in [5.41, 5.74) is 7.23. The third-order valence-corrected chi connectivity index (χ3v) is 4.15. The molecule has 1 aromatic heterocycles. The van der Waals surface area contributed by atoms with Gasteiger partial charge in [0.1, 0.15) is 0 Å². The Hall–Kier alpha value is -1.99. The average Bonchev–Trinajstić information content (AvgIpc) is 2.60. The minimum atomic E-state index is -0.542. The summed E-state index contributed by atoms with van der Waals surface area (Å²) in [4.78, 5) is 31.6. The molecule has 1 saturated heterocycles. The van der Waals surface area contributed by atoms with E-state index in [-0.39, 0.29) is 12.8 Å². The minimum Gasteiger partial charge on any atom is -0.393 e. The standard InChI is InChI=1S/C17H26N4O3/c1-2-3-4-16(22)24-17(23)13-15(18)21-11-9-20(10-12-21)14-5-7-19-8-6-14/h5-8,15H,2-4,9-13,18H2,1H3. The number of nitrogens with zero attached hydrogens (tertiary/aromatic N) is 3. The van der Waals surface area contributed by atoms with Crippen LogP contribution in [0.4, 0.5) is 5.69 Å². The largest absolute Gasteiger partial charge is 0.393 e. The molecule has 2 rings (SSSR count). The Morgan fingerprint density at radius 3 is 2.50 bits per heavy atom. The lowest BCUT2D eigenvalue weighted by Crippen LogP contribution is -2.54. The maximum absolute atomic E-state index is 11.8. The van der Waals surface area contributed by atoms with Crippen LogP contribution in [0.3, 0.4) is 0 Å². The van der Waals surface area contributed by atoms with E-state index in [9.17, 15) is 9.59 Å². The van der Waals surface area contributed by atoms with Crippen molar-refractivity contribution >= 4 is 17.6 Å². The van der Waals surface area contributed by atoms with Crippen molar-refractivity contribution in [2.75, 3.05) is 31.1 Å². The number of carbonyl (C=O) groups is 2. The highest BCUT2D eigenvalue weighted by molar-refractivity contribution is 5.85. The molecule has 0 radical (unpaired) electrons. The van der Waals surface area contributed by atoms with E-state index >= 15 is 0 Å². The van der Waals surface area contributed by atoms with E-state index in [0.717, 1.165) is 44.7 Å². The van der Waals surface area contributed by atoms with Crippen LogP contribution >= 0.6 is 0 Å². The van der Waals surface area contributed by atoms with Gasteiger partial charge in [-0.1, -0.05) is 13.3 Å². The minimum absolute atomic E-state index is 0.0348. The summed E-state index contributed by atoms with van der Waals surface area (Å²) in [5.74, 6) is -1.00. The number of carbonyl (C=O) groups excluding carboxylic acids is 2. The molecule has 1 aliphatic heterocycles. The number of aromatic nitrogens is 1. The van der Waals surface area contributed by atoms with Gasteiger partial charge in [0.05, 0.1) is 12.6 Å². The van der Waals surface area contributed by atoms with Crippen LogP contribution in [0.15, 0.2) is 24.5 Å². The summed E-state index contributed by atoms with van der Waals surface area (Å²) in [7, 11) is 0. The van der Waals surface area contributed by atoms with Crippen molar-refractivity contribution in [1.82, 2.24) is 9.88 Å². The zero-order chi connectivity index (χ0) is 17.4. The smallest absolute Gasteiger partial charge is 0.316 e. The number of nitrogens with two attached hydrogens (primary N) is 1. The predicted molar refractivity (Wildman–Crippen MR) is 91.2 cm³/mol. The van der Waals surface area contributed by atoms with Crippen molar-refractivity contribution in [3.8, 4) is 0 Å². The number of esters is 2. The van der Waals surface area contributed by atoms with E-state index < -0.39 is 18.1 Å². The molecule has 0 aliphatic carbocycles. The Labute approximate surface area is 142 Å². The molecule has 1 aliphatic rings. The first kappa shape index (κ1) is 18.4. The average molecular weight is 334 g/mol. The van der Waals surface area contributed by atoms with Crippen LogP contribution in [-0.2, 0) is 14.3 Å². The lowest BCUT2D eigenvalue weighted by atomic mass is 10.2. The van der Waals surface area contributed by atoms with E-state index in [1.165, 1.54) is 0 Å². The van der Waals surface area contributed by atoms with Gasteiger partial charge in [0.25, 0.3) is 0 Å². The molecule has 2 N–H and O–H groups in total. The first-order valence-corrected chi connectivity index (χ1v) is 8.48. The van der Waals surface area contributed by atoms with Crippen LogP contribution in [0.5, 0.6) is 0 Å². The second-order valence-corrected chi connectivity index (χ2v) is 5.95. The number of anilines is 1. The Balaban J connectivity index is 1.73. The maximum atomic E-state index is 11.8. The second-order valence-electron chi connectivity index (χ2n) is 5.95. The van der Waals surface area contributed by atoms with Gasteiger partial charge in [0, 0.05) is 50.7 Å². The number of piperazine rings is 1. The Kier molecular flexibility index (Phi) is 7.14. The van der Waals surface area contributed by atoms with Gasteiger partial charge < -0.3 is 15.4 Å². The van der Waals surface area contributed by atoms with Gasteiger partial charge in [-0.15, -0.1) is 0 Å². The summed E-state index contributed by atoms with van der Waals surface area (Å²) in [6.45, 7) is 5.18. The molecule has 24 heavy (non-hydrogen) atoms. The number of hydrogen-bond donors (Lipinski definition) is 1. The summed E-state index contributed by atoms with van der Waals surface area (Å²) >= 11 is 0. The maximum Gasteiger partial charge on any atom is 0.316 e. The first-order chi connectivity index (χ1) is 11.6. The van der Waals surface area contributed by atoms with Gasteiger partial charge >= 0.3 is 11.9 Å². The highest BCUT2D eigenvalue weighted by Crippen LogP contribution is 2.15. The third-order valence-electron chi connectivity index (χ3n) is 4.15. The van der Waals surface area contributed by atoms with Crippen LogP contribution in [0, 0.1) is 0 Å². The summed E-state index contributed by atoms with van der Waals surface area (Å²) in [6, 6.07) is 3.96. The van der Waals surface area contributed by atoms with Crippen LogP contribution in [0.1, 0.15) is 32.6 Å². The van der Waals surface area contributed by atoms with E-state index in [0.29, 0.717) is 0 Å². The van der Waals surface area contributed by atoms with Gasteiger partial charge in [-0.25, -0.2) is 0 Å². The third kappa shape index (κ3) is 5.58. The van der Waals surface area contributed by atoms with Crippen molar-refractivity contribution in [3.05, 3.63) is 24.5 Å². The van der Waals surface area contributed by atoms with Crippen molar-refractivity contribution in [2.24, 2.45) is 5.73 Å². The molecule has 1 aromatic rings. The van der Waals surface area contributed by atoms with Crippen molar-refractivity contribution < 1.29 is 14.3 Å². The second kappa shape index (κ2) is 9.34. The summed E-state index contributed by atoms with van der Waals surface area (Å²) < 4.78 is 4.80. The molecule has 1 fully saturated rings. The molecule has 0 spiro atoms. The van der Waals surface area contributed by atoms with Gasteiger partial charge in [0.15, 0.2) is 0 Å². The quantitative estimate of drug-likeness (QED) is 0.591. The molecule has 0 aromatic carbocycles. The zero-order valence-electron chi connectivity index (χ0n) is 14.2. The van der Waals surface area contributed by atoms with Crippen molar-refractivity contribution in [1.29, 1.82) is 0 Å². The molecule has 0 bridgehead atoms. The van der Waals surface area contributed by atoms with Crippen LogP contribution in [0.2, 0.25) is 0 Å². The lowest BCUT2D eigenvalue weighted by molar-refractivity contribution is -0.160. The lowest BCUT2D eigenvalue weighted by Gasteiger charge is -2.38. The fourth-order valence-corrected chi connectivity index (χ4v) is 2.71. The Morgan fingerprint density at radius 2 is 1.88 bits per heavy atom. The molecule has 2 heterocycles. The number of unbranched alkanes of at least 4 members (excludes halogenated alkanes) is 1. The first-order valence-electron chi connectivity index (χ1n) is 8.48. The number of ether oxygens (including phenoxy) is 1. The van der Waals surface area contributed by atoms with Crippen LogP contribution in [-0.4, -0.2) is 54.2 Å². The molecule has 7 heteroatoms. The molecule has 132 valence electrons. The predicted octanol–water partition coefficient (Wildman–Crippen LogP) is 1.14. The molecular formula is C17H26N4O3. The molecule has 7 nitrogen and oxygen atoms in total. The van der Waals surface area contributed by atoms with Gasteiger partial charge in [0.2, 0.25) is 0 Å². The SMILES string of the molecule is CCCCC(=O)OC(=O)CC(N)N1CCN(c2ccncc2)CC1. The number of rotatable bonds is 7. The topological polar surface area (TPSA) is 88.8 Å². The van der Waals surface area contributed by atoms with Gasteiger partial charge in [-0.05, 0) is 18.6 Å². The fraction of sp³-hybridized carbons (Fsp3) is 0.588. The van der Waals surface area contributed by atoms with Crippen molar-refractivity contribution in [2.45, 2.75) is 38.8 Å². The monoisotopic (exact) mass is 334 g/mol.